The number of fused-ring (bicyclic) bond motifs is 5. The fraction of sp³-hybridized carbons (Fsp3) is 0.562. The molecule has 5 rings (SSSR count). The van der Waals surface area contributed by atoms with Crippen LogP contribution >= 0.6 is 0 Å². The molecule has 1 aromatic heterocycles. The molecule has 1 aromatic carbocycles. The number of para-hydroxylation sites is 1. The molecule has 2 bridgehead atoms. The number of likely N-dealkylation sites (tertiary alicyclic amines) is 1. The minimum absolute atomic E-state index is 0.505. The summed E-state index contributed by atoms with van der Waals surface area (Å²) in [5, 5.41) is 12.2. The second-order valence-corrected chi connectivity index (χ2v) is 6.65. The fourth-order valence-electron chi connectivity index (χ4n) is 4.45. The van der Waals surface area contributed by atoms with E-state index in [9.17, 15) is 0 Å². The number of hydrogen-bond acceptors (Lipinski definition) is 5. The largest absolute Gasteiger partial charge is 0.374 e. The molecule has 6 heteroatoms. The van der Waals surface area contributed by atoms with Gasteiger partial charge in [0.05, 0.1) is 24.4 Å². The Morgan fingerprint density at radius 3 is 2.50 bits per heavy atom. The minimum Gasteiger partial charge on any atom is -0.374 e. The van der Waals surface area contributed by atoms with Crippen molar-refractivity contribution in [3.05, 3.63) is 36.2 Å². The third-order valence-electron chi connectivity index (χ3n) is 5.43. The summed E-state index contributed by atoms with van der Waals surface area (Å²) in [4.78, 5) is 2.49. The van der Waals surface area contributed by atoms with Crippen LogP contribution in [0.2, 0.25) is 0 Å². The lowest BCUT2D eigenvalue weighted by Gasteiger charge is -2.18. The Balaban J connectivity index is 1.35. The van der Waals surface area contributed by atoms with Crippen LogP contribution in [-0.2, 0) is 11.3 Å². The molecule has 3 aliphatic heterocycles. The molecule has 0 saturated carbocycles. The number of nitrogens with zero attached hydrogens (tertiary/aromatic N) is 5. The highest BCUT2D eigenvalue weighted by Gasteiger charge is 2.52. The Hall–Kier alpha value is -1.79. The standard InChI is InChI=1S/C16H19N5O/c1-2-4-11(5-3-1)21-16(17-18-19-21)10-20-8-12-13(9-20)15-7-6-14(12)22-15/h1-5,12-15H,6-10H2/t12-,13+,14-,15-/m1/s1. The predicted octanol–water partition coefficient (Wildman–Crippen LogP) is 1.27. The Labute approximate surface area is 129 Å². The molecule has 4 atom stereocenters. The van der Waals surface area contributed by atoms with Crippen LogP contribution in [0.4, 0.5) is 0 Å². The second kappa shape index (κ2) is 4.86. The van der Waals surface area contributed by atoms with Crippen molar-refractivity contribution in [2.75, 3.05) is 13.1 Å². The lowest BCUT2D eigenvalue weighted by molar-refractivity contribution is 0.0693. The molecular formula is C16H19N5O. The highest BCUT2D eigenvalue weighted by atomic mass is 16.5. The third kappa shape index (κ3) is 1.90. The van der Waals surface area contributed by atoms with Gasteiger partial charge in [0, 0.05) is 24.9 Å². The SMILES string of the molecule is c1ccc(-n2nnnc2CN2C[C@@H]3[C@H](C2)[C@H]2CC[C@H]3O2)cc1. The van der Waals surface area contributed by atoms with Gasteiger partial charge < -0.3 is 4.74 Å². The topological polar surface area (TPSA) is 56.1 Å². The molecule has 114 valence electrons. The van der Waals surface area contributed by atoms with Crippen LogP contribution in [-0.4, -0.2) is 50.4 Å². The van der Waals surface area contributed by atoms with Crippen LogP contribution < -0.4 is 0 Å². The summed E-state index contributed by atoms with van der Waals surface area (Å²) in [5.41, 5.74) is 1.02. The van der Waals surface area contributed by atoms with Gasteiger partial charge in [-0.25, -0.2) is 0 Å². The van der Waals surface area contributed by atoms with Gasteiger partial charge in [-0.1, -0.05) is 18.2 Å². The molecule has 3 saturated heterocycles. The number of aromatic nitrogens is 4. The van der Waals surface area contributed by atoms with E-state index < -0.39 is 0 Å². The maximum atomic E-state index is 6.04. The van der Waals surface area contributed by atoms with Gasteiger partial charge in [-0.2, -0.15) is 4.68 Å². The first-order valence-electron chi connectivity index (χ1n) is 8.09. The minimum atomic E-state index is 0.505. The molecule has 3 fully saturated rings. The molecule has 2 aromatic rings. The molecule has 0 spiro atoms. The van der Waals surface area contributed by atoms with Crippen LogP contribution in [0.15, 0.2) is 30.3 Å². The maximum Gasteiger partial charge on any atom is 0.170 e. The molecule has 22 heavy (non-hydrogen) atoms. The van der Waals surface area contributed by atoms with Crippen molar-refractivity contribution in [1.82, 2.24) is 25.1 Å². The van der Waals surface area contributed by atoms with Crippen LogP contribution in [0.1, 0.15) is 18.7 Å². The van der Waals surface area contributed by atoms with Gasteiger partial charge in [0.15, 0.2) is 5.82 Å². The number of rotatable bonds is 3. The zero-order valence-electron chi connectivity index (χ0n) is 12.4. The van der Waals surface area contributed by atoms with E-state index in [1.807, 2.05) is 35.0 Å². The molecule has 0 unspecified atom stereocenters. The van der Waals surface area contributed by atoms with E-state index in [0.29, 0.717) is 12.2 Å². The second-order valence-electron chi connectivity index (χ2n) is 6.65. The van der Waals surface area contributed by atoms with Crippen molar-refractivity contribution in [3.63, 3.8) is 0 Å². The zero-order chi connectivity index (χ0) is 14.5. The van der Waals surface area contributed by atoms with E-state index in [1.54, 1.807) is 0 Å². The zero-order valence-corrected chi connectivity index (χ0v) is 12.4. The maximum absolute atomic E-state index is 6.04. The first-order valence-corrected chi connectivity index (χ1v) is 8.09. The molecule has 0 N–H and O–H groups in total. The molecule has 0 amide bonds. The Bertz CT molecular complexity index is 654. The van der Waals surface area contributed by atoms with E-state index >= 15 is 0 Å². The summed E-state index contributed by atoms with van der Waals surface area (Å²) >= 11 is 0. The predicted molar refractivity (Wildman–Crippen MR) is 79.3 cm³/mol. The van der Waals surface area contributed by atoms with Gasteiger partial charge in [-0.15, -0.1) is 5.10 Å². The summed E-state index contributed by atoms with van der Waals surface area (Å²) in [7, 11) is 0. The first-order chi connectivity index (χ1) is 10.9. The van der Waals surface area contributed by atoms with Crippen molar-refractivity contribution >= 4 is 0 Å². The van der Waals surface area contributed by atoms with Crippen LogP contribution in [0.25, 0.3) is 5.69 Å². The molecule has 4 heterocycles. The number of hydrogen-bond donors (Lipinski definition) is 0. The summed E-state index contributed by atoms with van der Waals surface area (Å²) in [6.45, 7) is 3.05. The van der Waals surface area contributed by atoms with E-state index in [1.165, 1.54) is 12.8 Å². The van der Waals surface area contributed by atoms with Gasteiger partial charge >= 0.3 is 0 Å². The van der Waals surface area contributed by atoms with Gasteiger partial charge in [-0.3, -0.25) is 4.90 Å². The Morgan fingerprint density at radius 2 is 1.77 bits per heavy atom. The Kier molecular flexibility index (Phi) is 2.81. The van der Waals surface area contributed by atoms with Gasteiger partial charge in [-0.05, 0) is 35.4 Å². The summed E-state index contributed by atoms with van der Waals surface area (Å²) in [6, 6.07) is 10.1. The quantitative estimate of drug-likeness (QED) is 0.854. The molecule has 0 radical (unpaired) electrons. The highest BCUT2D eigenvalue weighted by Crippen LogP contribution is 2.47. The van der Waals surface area contributed by atoms with Crippen molar-refractivity contribution in [2.45, 2.75) is 31.6 Å². The number of ether oxygens (including phenoxy) is 1. The van der Waals surface area contributed by atoms with E-state index in [4.69, 9.17) is 4.74 Å². The lowest BCUT2D eigenvalue weighted by atomic mass is 9.82. The van der Waals surface area contributed by atoms with Gasteiger partial charge in [0.1, 0.15) is 0 Å². The molecule has 0 aliphatic carbocycles. The molecule has 6 nitrogen and oxygen atoms in total. The first kappa shape index (κ1) is 12.7. The van der Waals surface area contributed by atoms with Crippen molar-refractivity contribution in [2.24, 2.45) is 11.8 Å². The summed E-state index contributed by atoms with van der Waals surface area (Å²) < 4.78 is 7.89. The van der Waals surface area contributed by atoms with E-state index in [0.717, 1.165) is 43.0 Å². The average molecular weight is 297 g/mol. The lowest BCUT2D eigenvalue weighted by Crippen LogP contribution is -2.26. The van der Waals surface area contributed by atoms with E-state index in [-0.39, 0.29) is 0 Å². The van der Waals surface area contributed by atoms with Crippen LogP contribution in [0.3, 0.4) is 0 Å². The van der Waals surface area contributed by atoms with Crippen molar-refractivity contribution in [3.8, 4) is 5.69 Å². The van der Waals surface area contributed by atoms with Crippen LogP contribution in [0, 0.1) is 11.8 Å². The highest BCUT2D eigenvalue weighted by molar-refractivity contribution is 5.30. The number of tetrazole rings is 1. The normalized spacial score (nSPS) is 33.5. The van der Waals surface area contributed by atoms with Crippen LogP contribution in [0.5, 0.6) is 0 Å². The monoisotopic (exact) mass is 297 g/mol. The summed E-state index contributed by atoms with van der Waals surface area (Å²) in [6.07, 6.45) is 3.51. The van der Waals surface area contributed by atoms with Gasteiger partial charge in [0.2, 0.25) is 0 Å². The van der Waals surface area contributed by atoms with E-state index in [2.05, 4.69) is 20.4 Å². The van der Waals surface area contributed by atoms with Gasteiger partial charge in [0.25, 0.3) is 0 Å². The van der Waals surface area contributed by atoms with Crippen molar-refractivity contribution < 1.29 is 4.74 Å². The third-order valence-corrected chi connectivity index (χ3v) is 5.43. The number of benzene rings is 1. The smallest absolute Gasteiger partial charge is 0.170 e. The Morgan fingerprint density at radius 1 is 1.05 bits per heavy atom. The molecule has 3 aliphatic rings. The molecular weight excluding hydrogens is 278 g/mol. The fourth-order valence-corrected chi connectivity index (χ4v) is 4.45. The van der Waals surface area contributed by atoms with Crippen molar-refractivity contribution in [1.29, 1.82) is 0 Å². The summed E-state index contributed by atoms with van der Waals surface area (Å²) in [5.74, 6) is 2.36. The average Bonchev–Trinajstić information content (AvgIpc) is 3.30.